The lowest BCUT2D eigenvalue weighted by molar-refractivity contribution is -0.139. The van der Waals surface area contributed by atoms with Gasteiger partial charge >= 0.3 is 5.97 Å². The Labute approximate surface area is 226 Å². The molecule has 0 aliphatic carbocycles. The van der Waals surface area contributed by atoms with Gasteiger partial charge in [-0.25, -0.2) is 9.79 Å². The highest BCUT2D eigenvalue weighted by atomic mass is 32.1. The van der Waals surface area contributed by atoms with Crippen molar-refractivity contribution in [2.45, 2.75) is 26.8 Å². The monoisotopic (exact) mass is 539 g/mol. The van der Waals surface area contributed by atoms with Crippen LogP contribution in [-0.2, 0) is 9.53 Å². The predicted octanol–water partition coefficient (Wildman–Crippen LogP) is 5.32. The number of aromatic amines is 1. The highest BCUT2D eigenvalue weighted by Crippen LogP contribution is 2.34. The zero-order chi connectivity index (χ0) is 26.4. The van der Waals surface area contributed by atoms with Crippen LogP contribution in [-0.4, -0.2) is 22.1 Å². The molecule has 0 fully saturated rings. The first kappa shape index (κ1) is 24.3. The molecule has 1 aliphatic heterocycles. The number of benzene rings is 2. The number of esters is 1. The molecular weight excluding hydrogens is 514 g/mol. The molecule has 6 rings (SSSR count). The number of aryl methyl sites for hydroxylation is 1. The van der Waals surface area contributed by atoms with Crippen molar-refractivity contribution in [2.24, 2.45) is 4.99 Å². The number of carbonyl (C=O) groups is 1. The van der Waals surface area contributed by atoms with E-state index in [1.165, 1.54) is 22.7 Å². The number of hydrogen-bond acceptors (Lipinski definition) is 6. The fourth-order valence-electron chi connectivity index (χ4n) is 4.95. The molecule has 3 aromatic heterocycles. The van der Waals surface area contributed by atoms with Crippen LogP contribution < -0.4 is 14.9 Å². The summed E-state index contributed by atoms with van der Waals surface area (Å²) in [6, 6.07) is 19.7. The molecule has 4 heterocycles. The number of carbonyl (C=O) groups excluding carboxylic acids is 1. The smallest absolute Gasteiger partial charge is 0.338 e. The molecule has 0 spiro atoms. The standard InChI is InChI=1S/C30H25N3O3S2/c1-4-36-29(35)25-18(3)31-30-33(27(25)23-11-8-14-37-23)28(34)24(38-30)16-21-20-15-17(2)12-13-22(20)32-26(21)19-9-6-5-7-10-19/h5-16,27,32H,4H2,1-3H3/b24-16-. The van der Waals surface area contributed by atoms with Gasteiger partial charge in [-0.1, -0.05) is 59.4 Å². The summed E-state index contributed by atoms with van der Waals surface area (Å²) in [5, 5.41) is 3.00. The summed E-state index contributed by atoms with van der Waals surface area (Å²) in [6.45, 7) is 5.89. The van der Waals surface area contributed by atoms with E-state index < -0.39 is 12.0 Å². The third-order valence-electron chi connectivity index (χ3n) is 6.66. The molecule has 1 aliphatic rings. The number of hydrogen-bond donors (Lipinski definition) is 1. The zero-order valence-electron chi connectivity index (χ0n) is 21.1. The molecule has 8 heteroatoms. The second-order valence-corrected chi connectivity index (χ2v) is 11.1. The predicted molar refractivity (Wildman–Crippen MR) is 153 cm³/mol. The second-order valence-electron chi connectivity index (χ2n) is 9.15. The molecule has 0 amide bonds. The van der Waals surface area contributed by atoms with Crippen LogP contribution in [0.3, 0.4) is 0 Å². The van der Waals surface area contributed by atoms with E-state index in [1.807, 2.05) is 41.8 Å². The summed E-state index contributed by atoms with van der Waals surface area (Å²) in [7, 11) is 0. The molecule has 0 saturated heterocycles. The Kier molecular flexibility index (Phi) is 6.21. The fraction of sp³-hybridized carbons (Fsp3) is 0.167. The van der Waals surface area contributed by atoms with E-state index >= 15 is 0 Å². The SMILES string of the molecule is CCOC(=O)C1=C(C)N=c2s/c(=C\c3c(-c4ccccc4)[nH]c4ccc(C)cc34)c(=O)n2C1c1cccs1. The van der Waals surface area contributed by atoms with Crippen LogP contribution in [0.25, 0.3) is 28.2 Å². The Morgan fingerprint density at radius 2 is 1.95 bits per heavy atom. The van der Waals surface area contributed by atoms with Crippen LogP contribution in [0.2, 0.25) is 0 Å². The number of allylic oxidation sites excluding steroid dienone is 1. The molecule has 1 N–H and O–H groups in total. The number of nitrogens with zero attached hydrogens (tertiary/aromatic N) is 2. The van der Waals surface area contributed by atoms with Gasteiger partial charge < -0.3 is 9.72 Å². The van der Waals surface area contributed by atoms with Crippen LogP contribution in [0, 0.1) is 6.92 Å². The maximum atomic E-state index is 14.0. The van der Waals surface area contributed by atoms with E-state index in [9.17, 15) is 9.59 Å². The van der Waals surface area contributed by atoms with Gasteiger partial charge in [-0.05, 0) is 56.0 Å². The number of ether oxygens (including phenoxy) is 1. The van der Waals surface area contributed by atoms with Crippen LogP contribution in [0.5, 0.6) is 0 Å². The number of H-pyrrole nitrogens is 1. The van der Waals surface area contributed by atoms with Crippen molar-refractivity contribution in [2.75, 3.05) is 6.61 Å². The largest absolute Gasteiger partial charge is 0.463 e. The van der Waals surface area contributed by atoms with Crippen molar-refractivity contribution in [1.29, 1.82) is 0 Å². The first-order valence-corrected chi connectivity index (χ1v) is 14.1. The van der Waals surface area contributed by atoms with Gasteiger partial charge in [0, 0.05) is 21.3 Å². The average Bonchev–Trinajstić information content (AvgIpc) is 3.63. The number of fused-ring (bicyclic) bond motifs is 2. The van der Waals surface area contributed by atoms with E-state index in [1.54, 1.807) is 18.4 Å². The summed E-state index contributed by atoms with van der Waals surface area (Å²) in [5.41, 5.74) is 5.89. The molecule has 1 unspecified atom stereocenters. The molecule has 0 radical (unpaired) electrons. The van der Waals surface area contributed by atoms with Crippen LogP contribution in [0.4, 0.5) is 0 Å². The van der Waals surface area contributed by atoms with Crippen molar-refractivity contribution in [1.82, 2.24) is 9.55 Å². The van der Waals surface area contributed by atoms with Crippen molar-refractivity contribution < 1.29 is 9.53 Å². The molecule has 190 valence electrons. The van der Waals surface area contributed by atoms with Gasteiger partial charge in [0.15, 0.2) is 4.80 Å². The Morgan fingerprint density at radius 3 is 2.68 bits per heavy atom. The number of aromatic nitrogens is 2. The van der Waals surface area contributed by atoms with E-state index in [4.69, 9.17) is 9.73 Å². The van der Waals surface area contributed by atoms with Gasteiger partial charge in [-0.3, -0.25) is 9.36 Å². The summed E-state index contributed by atoms with van der Waals surface area (Å²) < 4.78 is 7.58. The molecule has 1 atom stereocenters. The summed E-state index contributed by atoms with van der Waals surface area (Å²) in [4.78, 5) is 36.8. The topological polar surface area (TPSA) is 76.4 Å². The first-order valence-electron chi connectivity index (χ1n) is 12.4. The Hall–Kier alpha value is -4.01. The van der Waals surface area contributed by atoms with E-state index in [0.717, 1.165) is 38.2 Å². The molecule has 0 saturated carbocycles. The van der Waals surface area contributed by atoms with Crippen molar-refractivity contribution in [3.8, 4) is 11.3 Å². The first-order chi connectivity index (χ1) is 18.5. The lowest BCUT2D eigenvalue weighted by atomic mass is 10.0. The molecule has 38 heavy (non-hydrogen) atoms. The number of thiophene rings is 1. The van der Waals surface area contributed by atoms with E-state index in [-0.39, 0.29) is 12.2 Å². The number of rotatable bonds is 5. The maximum absolute atomic E-state index is 14.0. The minimum absolute atomic E-state index is 0.178. The van der Waals surface area contributed by atoms with Crippen LogP contribution in [0.15, 0.2) is 87.1 Å². The second kappa shape index (κ2) is 9.70. The highest BCUT2D eigenvalue weighted by Gasteiger charge is 2.34. The minimum atomic E-state index is -0.578. The summed E-state index contributed by atoms with van der Waals surface area (Å²) in [5.74, 6) is -0.445. The Balaban J connectivity index is 1.61. The third kappa shape index (κ3) is 4.06. The van der Waals surface area contributed by atoms with Gasteiger partial charge in [-0.2, -0.15) is 0 Å². The third-order valence-corrected chi connectivity index (χ3v) is 8.57. The number of nitrogens with one attached hydrogen (secondary N) is 1. The molecule has 5 aromatic rings. The molecule has 2 aromatic carbocycles. The number of thiazole rings is 1. The van der Waals surface area contributed by atoms with Gasteiger partial charge in [0.1, 0.15) is 6.04 Å². The molecule has 6 nitrogen and oxygen atoms in total. The lowest BCUT2D eigenvalue weighted by Gasteiger charge is -2.23. The highest BCUT2D eigenvalue weighted by molar-refractivity contribution is 7.10. The van der Waals surface area contributed by atoms with Crippen LogP contribution >= 0.6 is 22.7 Å². The van der Waals surface area contributed by atoms with E-state index in [2.05, 4.69) is 42.2 Å². The van der Waals surface area contributed by atoms with Gasteiger partial charge in [-0.15, -0.1) is 11.3 Å². The summed E-state index contributed by atoms with van der Waals surface area (Å²) in [6.07, 6.45) is 1.96. The maximum Gasteiger partial charge on any atom is 0.338 e. The van der Waals surface area contributed by atoms with Crippen molar-refractivity contribution >= 4 is 45.6 Å². The van der Waals surface area contributed by atoms with Crippen molar-refractivity contribution in [3.63, 3.8) is 0 Å². The fourth-order valence-corrected chi connectivity index (χ4v) is 6.80. The Bertz CT molecular complexity index is 1890. The van der Waals surface area contributed by atoms with Gasteiger partial charge in [0.25, 0.3) is 5.56 Å². The zero-order valence-corrected chi connectivity index (χ0v) is 22.8. The molecular formula is C30H25N3O3S2. The van der Waals surface area contributed by atoms with Gasteiger partial charge in [0.2, 0.25) is 0 Å². The Morgan fingerprint density at radius 1 is 1.13 bits per heavy atom. The van der Waals surface area contributed by atoms with Crippen LogP contribution in [0.1, 0.15) is 35.9 Å². The summed E-state index contributed by atoms with van der Waals surface area (Å²) >= 11 is 2.85. The lowest BCUT2D eigenvalue weighted by Crippen LogP contribution is -2.39. The average molecular weight is 540 g/mol. The molecule has 0 bridgehead atoms. The normalized spacial score (nSPS) is 15.6. The quantitative estimate of drug-likeness (QED) is 0.307. The van der Waals surface area contributed by atoms with Gasteiger partial charge in [0.05, 0.1) is 28.1 Å². The van der Waals surface area contributed by atoms with E-state index in [0.29, 0.717) is 20.6 Å². The van der Waals surface area contributed by atoms with Crippen molar-refractivity contribution in [3.05, 3.63) is 113 Å². The minimum Gasteiger partial charge on any atom is -0.463 e.